The minimum Gasteiger partial charge on any atom is -0.354 e. The van der Waals surface area contributed by atoms with Gasteiger partial charge in [0.25, 0.3) is 0 Å². The zero-order valence-corrected chi connectivity index (χ0v) is 13.8. The van der Waals surface area contributed by atoms with Crippen LogP contribution in [0.5, 0.6) is 0 Å². The van der Waals surface area contributed by atoms with E-state index in [1.54, 1.807) is 24.0 Å². The number of halogens is 1. The van der Waals surface area contributed by atoms with E-state index in [9.17, 15) is 9.59 Å². The normalized spacial score (nSPS) is 11.1. The van der Waals surface area contributed by atoms with Crippen molar-refractivity contribution in [2.45, 2.75) is 39.7 Å². The van der Waals surface area contributed by atoms with Crippen LogP contribution in [0.4, 0.5) is 0 Å². The van der Waals surface area contributed by atoms with E-state index in [4.69, 9.17) is 11.6 Å². The van der Waals surface area contributed by atoms with Gasteiger partial charge in [0.2, 0.25) is 11.8 Å². The molecule has 0 radical (unpaired) electrons. The summed E-state index contributed by atoms with van der Waals surface area (Å²) in [6.07, 6.45) is 0.312. The van der Waals surface area contributed by atoms with Gasteiger partial charge in [0.05, 0.1) is 6.42 Å². The van der Waals surface area contributed by atoms with Gasteiger partial charge in [-0.15, -0.1) is 0 Å². The number of carbonyl (C=O) groups excluding carboxylic acids is 2. The van der Waals surface area contributed by atoms with E-state index in [-0.39, 0.29) is 17.4 Å². The molecule has 4 nitrogen and oxygen atoms in total. The van der Waals surface area contributed by atoms with Crippen LogP contribution in [0.25, 0.3) is 0 Å². The third kappa shape index (κ3) is 6.17. The van der Waals surface area contributed by atoms with Crippen LogP contribution in [0, 0.1) is 0 Å². The molecule has 5 heteroatoms. The molecule has 21 heavy (non-hydrogen) atoms. The number of benzene rings is 1. The summed E-state index contributed by atoms with van der Waals surface area (Å²) in [6, 6.07) is 7.19. The third-order valence-electron chi connectivity index (χ3n) is 3.13. The fourth-order valence-electron chi connectivity index (χ4n) is 2.12. The topological polar surface area (TPSA) is 49.4 Å². The van der Waals surface area contributed by atoms with Gasteiger partial charge in [-0.3, -0.25) is 9.59 Å². The predicted octanol–water partition coefficient (Wildman–Crippen LogP) is 2.65. The SMILES string of the molecule is CC(=O)N(CCNC(=O)Cc1ccc(Cl)cc1)C(C)(C)C. The first-order chi connectivity index (χ1) is 9.70. The molecule has 0 aromatic heterocycles. The molecule has 0 saturated carbocycles. The summed E-state index contributed by atoms with van der Waals surface area (Å²) < 4.78 is 0. The van der Waals surface area contributed by atoms with Gasteiger partial charge in [-0.05, 0) is 38.5 Å². The monoisotopic (exact) mass is 310 g/mol. The second-order valence-electron chi connectivity index (χ2n) is 5.99. The molecule has 116 valence electrons. The minimum atomic E-state index is -0.243. The highest BCUT2D eigenvalue weighted by molar-refractivity contribution is 6.30. The van der Waals surface area contributed by atoms with Crippen LogP contribution in [0.2, 0.25) is 5.02 Å². The standard InChI is InChI=1S/C16H23ClN2O2/c1-12(20)19(16(2,3)4)10-9-18-15(21)11-13-5-7-14(17)8-6-13/h5-8H,9-11H2,1-4H3,(H,18,21). The van der Waals surface area contributed by atoms with Crippen molar-refractivity contribution in [1.82, 2.24) is 10.2 Å². The van der Waals surface area contributed by atoms with Gasteiger partial charge in [0, 0.05) is 30.6 Å². The fourth-order valence-corrected chi connectivity index (χ4v) is 2.25. The molecule has 0 saturated heterocycles. The second-order valence-corrected chi connectivity index (χ2v) is 6.43. The summed E-state index contributed by atoms with van der Waals surface area (Å²) in [7, 11) is 0. The molecule has 0 aliphatic rings. The predicted molar refractivity (Wildman–Crippen MR) is 85.3 cm³/mol. The fraction of sp³-hybridized carbons (Fsp3) is 0.500. The lowest BCUT2D eigenvalue weighted by atomic mass is 10.1. The first-order valence-electron chi connectivity index (χ1n) is 6.99. The van der Waals surface area contributed by atoms with Crippen molar-refractivity contribution in [3.8, 4) is 0 Å². The Balaban J connectivity index is 2.42. The van der Waals surface area contributed by atoms with E-state index in [2.05, 4.69) is 5.32 Å². The molecule has 1 aromatic carbocycles. The van der Waals surface area contributed by atoms with Gasteiger partial charge in [-0.2, -0.15) is 0 Å². The van der Waals surface area contributed by atoms with Crippen LogP contribution in [-0.4, -0.2) is 35.3 Å². The minimum absolute atomic E-state index is 0.00875. The van der Waals surface area contributed by atoms with Gasteiger partial charge in [0.15, 0.2) is 0 Å². The number of hydrogen-bond donors (Lipinski definition) is 1. The van der Waals surface area contributed by atoms with Gasteiger partial charge in [-0.1, -0.05) is 23.7 Å². The van der Waals surface area contributed by atoms with Crippen molar-refractivity contribution in [2.24, 2.45) is 0 Å². The molecule has 0 heterocycles. The van der Waals surface area contributed by atoms with Crippen molar-refractivity contribution in [3.63, 3.8) is 0 Å². The van der Waals surface area contributed by atoms with Crippen LogP contribution in [0.15, 0.2) is 24.3 Å². The van der Waals surface area contributed by atoms with Gasteiger partial charge < -0.3 is 10.2 Å². The molecule has 0 aliphatic carbocycles. The number of amides is 2. The van der Waals surface area contributed by atoms with Gasteiger partial charge in [0.1, 0.15) is 0 Å². The molecule has 1 N–H and O–H groups in total. The second kappa shape index (κ2) is 7.46. The molecule has 0 aliphatic heterocycles. The maximum absolute atomic E-state index is 11.9. The lowest BCUT2D eigenvalue weighted by Crippen LogP contribution is -2.48. The van der Waals surface area contributed by atoms with Crippen LogP contribution in [-0.2, 0) is 16.0 Å². The average molecular weight is 311 g/mol. The highest BCUT2D eigenvalue weighted by Gasteiger charge is 2.23. The molecular formula is C16H23ClN2O2. The maximum Gasteiger partial charge on any atom is 0.224 e. The number of hydrogen-bond acceptors (Lipinski definition) is 2. The highest BCUT2D eigenvalue weighted by atomic mass is 35.5. The largest absolute Gasteiger partial charge is 0.354 e. The first kappa shape index (κ1) is 17.5. The smallest absolute Gasteiger partial charge is 0.224 e. The Morgan fingerprint density at radius 1 is 1.19 bits per heavy atom. The van der Waals surface area contributed by atoms with E-state index in [1.165, 1.54) is 0 Å². The van der Waals surface area contributed by atoms with Gasteiger partial charge >= 0.3 is 0 Å². The maximum atomic E-state index is 11.9. The van der Waals surface area contributed by atoms with Crippen LogP contribution in [0.1, 0.15) is 33.3 Å². The number of nitrogens with zero attached hydrogens (tertiary/aromatic N) is 1. The van der Waals surface area contributed by atoms with Crippen molar-refractivity contribution in [1.29, 1.82) is 0 Å². The Hall–Kier alpha value is -1.55. The molecule has 0 atom stereocenters. The Labute approximate surface area is 131 Å². The molecule has 1 aromatic rings. The average Bonchev–Trinajstić information content (AvgIpc) is 2.35. The first-order valence-corrected chi connectivity index (χ1v) is 7.37. The lowest BCUT2D eigenvalue weighted by molar-refractivity contribution is -0.134. The highest BCUT2D eigenvalue weighted by Crippen LogP contribution is 2.12. The summed E-state index contributed by atoms with van der Waals surface area (Å²) in [5.74, 6) is -0.0517. The van der Waals surface area contributed by atoms with E-state index in [1.807, 2.05) is 32.9 Å². The number of carbonyl (C=O) groups is 2. The Morgan fingerprint density at radius 3 is 2.24 bits per heavy atom. The molecule has 0 unspecified atom stereocenters. The van der Waals surface area contributed by atoms with Crippen LogP contribution in [0.3, 0.4) is 0 Å². The van der Waals surface area contributed by atoms with Crippen molar-refractivity contribution in [2.75, 3.05) is 13.1 Å². The summed E-state index contributed by atoms with van der Waals surface area (Å²) in [5, 5.41) is 3.49. The molecule has 0 fully saturated rings. The summed E-state index contributed by atoms with van der Waals surface area (Å²) in [5.41, 5.74) is 0.670. The van der Waals surface area contributed by atoms with Crippen LogP contribution >= 0.6 is 11.6 Å². The van der Waals surface area contributed by atoms with Crippen molar-refractivity contribution >= 4 is 23.4 Å². The zero-order valence-electron chi connectivity index (χ0n) is 13.1. The molecule has 2 amide bonds. The summed E-state index contributed by atoms with van der Waals surface area (Å²) in [4.78, 5) is 25.2. The lowest BCUT2D eigenvalue weighted by Gasteiger charge is -2.35. The Kier molecular flexibility index (Phi) is 6.21. The molecular weight excluding hydrogens is 288 g/mol. The quantitative estimate of drug-likeness (QED) is 0.909. The van der Waals surface area contributed by atoms with Gasteiger partial charge in [-0.25, -0.2) is 0 Å². The zero-order chi connectivity index (χ0) is 16.0. The number of rotatable bonds is 5. The van der Waals surface area contributed by atoms with E-state index < -0.39 is 0 Å². The van der Waals surface area contributed by atoms with E-state index >= 15 is 0 Å². The van der Waals surface area contributed by atoms with Crippen LogP contribution < -0.4 is 5.32 Å². The Bertz CT molecular complexity index is 492. The van der Waals surface area contributed by atoms with E-state index in [0.29, 0.717) is 24.5 Å². The van der Waals surface area contributed by atoms with Crippen molar-refractivity contribution < 1.29 is 9.59 Å². The molecule has 1 rings (SSSR count). The molecule has 0 spiro atoms. The number of nitrogens with one attached hydrogen (secondary N) is 1. The summed E-state index contributed by atoms with van der Waals surface area (Å²) >= 11 is 5.80. The van der Waals surface area contributed by atoms with E-state index in [0.717, 1.165) is 5.56 Å². The Morgan fingerprint density at radius 2 is 1.76 bits per heavy atom. The third-order valence-corrected chi connectivity index (χ3v) is 3.38. The van der Waals surface area contributed by atoms with Crippen molar-refractivity contribution in [3.05, 3.63) is 34.9 Å². The summed E-state index contributed by atoms with van der Waals surface area (Å²) in [6.45, 7) is 8.42. The molecule has 0 bridgehead atoms.